The van der Waals surface area contributed by atoms with Gasteiger partial charge < -0.3 is 9.42 Å². The minimum absolute atomic E-state index is 0.116. The molecule has 2 aromatic heterocycles. The highest BCUT2D eigenvalue weighted by Gasteiger charge is 2.37. The van der Waals surface area contributed by atoms with E-state index in [0.717, 1.165) is 11.8 Å². The van der Waals surface area contributed by atoms with E-state index in [1.165, 1.54) is 23.1 Å². The number of hydrogen-bond acceptors (Lipinski definition) is 5. The fourth-order valence-electron chi connectivity index (χ4n) is 3.42. The third-order valence-corrected chi connectivity index (χ3v) is 4.72. The van der Waals surface area contributed by atoms with Gasteiger partial charge in [0.25, 0.3) is 11.8 Å². The Morgan fingerprint density at radius 3 is 2.68 bits per heavy atom. The van der Waals surface area contributed by atoms with Crippen LogP contribution in [-0.4, -0.2) is 37.3 Å². The van der Waals surface area contributed by atoms with Crippen LogP contribution in [0, 0.1) is 6.92 Å². The molecule has 0 aliphatic carbocycles. The van der Waals surface area contributed by atoms with Gasteiger partial charge in [-0.05, 0) is 19.1 Å². The van der Waals surface area contributed by atoms with Crippen LogP contribution < -0.4 is 0 Å². The van der Waals surface area contributed by atoms with Crippen molar-refractivity contribution >= 4 is 5.91 Å². The number of benzene rings is 1. The first kappa shape index (κ1) is 18.2. The molecule has 0 spiro atoms. The number of aromatic nitrogens is 4. The Labute approximate surface area is 157 Å². The zero-order chi connectivity index (χ0) is 20.1. The third-order valence-electron chi connectivity index (χ3n) is 4.72. The molecule has 10 heteroatoms. The molecule has 1 aromatic carbocycles. The molecular weight excluding hydrogens is 375 g/mol. The number of amides is 1. The molecule has 0 saturated heterocycles. The van der Waals surface area contributed by atoms with Crippen LogP contribution in [0.4, 0.5) is 13.2 Å². The standard InChI is InChI=1S/C18H16F3N5O2/c1-10-22-16(28-24-10)15-12-9-26(8-7-14(12)25(2)23-15)17(27)11-5-3-4-6-13(11)18(19,20)21/h3-6H,7-9H2,1-2H3. The highest BCUT2D eigenvalue weighted by molar-refractivity contribution is 5.96. The van der Waals surface area contributed by atoms with Crippen LogP contribution >= 0.6 is 0 Å². The van der Waals surface area contributed by atoms with Crippen LogP contribution in [0.15, 0.2) is 28.8 Å². The van der Waals surface area contributed by atoms with Crippen molar-refractivity contribution in [1.82, 2.24) is 24.8 Å². The molecule has 146 valence electrons. The maximum Gasteiger partial charge on any atom is 0.417 e. The second-order valence-corrected chi connectivity index (χ2v) is 6.56. The summed E-state index contributed by atoms with van der Waals surface area (Å²) in [4.78, 5) is 18.4. The Balaban J connectivity index is 1.69. The maximum absolute atomic E-state index is 13.3. The smallest absolute Gasteiger partial charge is 0.334 e. The molecule has 0 bridgehead atoms. The lowest BCUT2D eigenvalue weighted by Crippen LogP contribution is -2.37. The largest absolute Gasteiger partial charge is 0.417 e. The number of aryl methyl sites for hydroxylation is 2. The molecular formula is C18H16F3N5O2. The van der Waals surface area contributed by atoms with Gasteiger partial charge in [0.1, 0.15) is 0 Å². The zero-order valence-electron chi connectivity index (χ0n) is 15.1. The number of fused-ring (bicyclic) bond motifs is 1. The minimum Gasteiger partial charge on any atom is -0.334 e. The first-order valence-corrected chi connectivity index (χ1v) is 8.56. The highest BCUT2D eigenvalue weighted by atomic mass is 19.4. The van der Waals surface area contributed by atoms with Crippen LogP contribution in [0.5, 0.6) is 0 Å². The van der Waals surface area contributed by atoms with Gasteiger partial charge in [0.15, 0.2) is 11.5 Å². The van der Waals surface area contributed by atoms with E-state index in [2.05, 4.69) is 15.2 Å². The van der Waals surface area contributed by atoms with E-state index in [0.29, 0.717) is 30.0 Å². The average Bonchev–Trinajstić information content (AvgIpc) is 3.23. The summed E-state index contributed by atoms with van der Waals surface area (Å²) in [6.45, 7) is 2.08. The summed E-state index contributed by atoms with van der Waals surface area (Å²) < 4.78 is 46.7. The van der Waals surface area contributed by atoms with Crippen molar-refractivity contribution < 1.29 is 22.5 Å². The Kier molecular flexibility index (Phi) is 4.20. The van der Waals surface area contributed by atoms with Gasteiger partial charge in [-0.1, -0.05) is 17.3 Å². The summed E-state index contributed by atoms with van der Waals surface area (Å²) >= 11 is 0. The zero-order valence-corrected chi connectivity index (χ0v) is 15.1. The second kappa shape index (κ2) is 6.47. The van der Waals surface area contributed by atoms with Gasteiger partial charge in [-0.2, -0.15) is 23.3 Å². The SMILES string of the molecule is Cc1noc(-c2nn(C)c3c2CN(C(=O)c2ccccc2C(F)(F)F)CC3)n1. The Hall–Kier alpha value is -3.17. The number of rotatable bonds is 2. The Bertz CT molecular complexity index is 1050. The summed E-state index contributed by atoms with van der Waals surface area (Å²) in [6.07, 6.45) is -4.14. The van der Waals surface area contributed by atoms with Gasteiger partial charge >= 0.3 is 6.18 Å². The normalized spacial score (nSPS) is 14.2. The fourth-order valence-corrected chi connectivity index (χ4v) is 3.42. The molecule has 28 heavy (non-hydrogen) atoms. The number of carbonyl (C=O) groups is 1. The molecule has 3 aromatic rings. The number of carbonyl (C=O) groups excluding carboxylic acids is 1. The van der Waals surface area contributed by atoms with Crippen LogP contribution in [0.2, 0.25) is 0 Å². The van der Waals surface area contributed by atoms with Gasteiger partial charge in [0.05, 0.1) is 17.7 Å². The lowest BCUT2D eigenvalue weighted by Gasteiger charge is -2.28. The molecule has 0 unspecified atom stereocenters. The molecule has 0 radical (unpaired) electrons. The summed E-state index contributed by atoms with van der Waals surface area (Å²) in [6, 6.07) is 4.81. The molecule has 0 fully saturated rings. The Morgan fingerprint density at radius 1 is 1.25 bits per heavy atom. The summed E-state index contributed by atoms with van der Waals surface area (Å²) in [5.74, 6) is -0.00771. The average molecular weight is 391 g/mol. The molecule has 0 atom stereocenters. The molecule has 4 rings (SSSR count). The predicted molar refractivity (Wildman–Crippen MR) is 91.1 cm³/mol. The van der Waals surface area contributed by atoms with Crippen molar-refractivity contribution in [3.63, 3.8) is 0 Å². The number of halogens is 3. The van der Waals surface area contributed by atoms with E-state index in [-0.39, 0.29) is 18.0 Å². The van der Waals surface area contributed by atoms with Gasteiger partial charge in [-0.15, -0.1) is 0 Å². The third kappa shape index (κ3) is 3.04. The second-order valence-electron chi connectivity index (χ2n) is 6.56. The molecule has 1 aliphatic rings. The molecule has 1 amide bonds. The van der Waals surface area contributed by atoms with Crippen molar-refractivity contribution in [3.8, 4) is 11.6 Å². The number of alkyl halides is 3. The first-order chi connectivity index (χ1) is 13.3. The van der Waals surface area contributed by atoms with Gasteiger partial charge in [-0.25, -0.2) is 0 Å². The highest BCUT2D eigenvalue weighted by Crippen LogP contribution is 2.34. The van der Waals surface area contributed by atoms with E-state index >= 15 is 0 Å². The van der Waals surface area contributed by atoms with E-state index < -0.39 is 17.6 Å². The lowest BCUT2D eigenvalue weighted by atomic mass is 10.0. The predicted octanol–water partition coefficient (Wildman–Crippen LogP) is 3.00. The Morgan fingerprint density at radius 2 is 2.00 bits per heavy atom. The molecule has 3 heterocycles. The van der Waals surface area contributed by atoms with Gasteiger partial charge in [-0.3, -0.25) is 9.48 Å². The summed E-state index contributed by atoms with van der Waals surface area (Å²) in [7, 11) is 1.77. The monoisotopic (exact) mass is 391 g/mol. The number of nitrogens with zero attached hydrogens (tertiary/aromatic N) is 5. The van der Waals surface area contributed by atoms with Crippen molar-refractivity contribution in [2.24, 2.45) is 7.05 Å². The van der Waals surface area contributed by atoms with E-state index in [1.54, 1.807) is 18.7 Å². The van der Waals surface area contributed by atoms with E-state index in [1.807, 2.05) is 0 Å². The van der Waals surface area contributed by atoms with E-state index in [9.17, 15) is 18.0 Å². The summed E-state index contributed by atoms with van der Waals surface area (Å²) in [5.41, 5.74) is 0.733. The summed E-state index contributed by atoms with van der Waals surface area (Å²) in [5, 5.41) is 8.15. The fraction of sp³-hybridized carbons (Fsp3) is 0.333. The van der Waals surface area contributed by atoms with Crippen LogP contribution in [0.1, 0.15) is 33.0 Å². The van der Waals surface area contributed by atoms with Crippen molar-refractivity contribution in [1.29, 1.82) is 0 Å². The van der Waals surface area contributed by atoms with Crippen molar-refractivity contribution in [2.75, 3.05) is 6.54 Å². The number of hydrogen-bond donors (Lipinski definition) is 0. The van der Waals surface area contributed by atoms with Gasteiger partial charge in [0.2, 0.25) is 0 Å². The molecule has 0 N–H and O–H groups in total. The molecule has 1 aliphatic heterocycles. The molecule has 7 nitrogen and oxygen atoms in total. The first-order valence-electron chi connectivity index (χ1n) is 8.56. The van der Waals surface area contributed by atoms with Gasteiger partial charge in [0, 0.05) is 31.3 Å². The van der Waals surface area contributed by atoms with Crippen LogP contribution in [0.3, 0.4) is 0 Å². The quantitative estimate of drug-likeness (QED) is 0.671. The van der Waals surface area contributed by atoms with Crippen molar-refractivity contribution in [2.45, 2.75) is 26.1 Å². The van der Waals surface area contributed by atoms with E-state index in [4.69, 9.17) is 4.52 Å². The topological polar surface area (TPSA) is 77.0 Å². The molecule has 0 saturated carbocycles. The van der Waals surface area contributed by atoms with Crippen LogP contribution in [-0.2, 0) is 26.2 Å². The maximum atomic E-state index is 13.3. The minimum atomic E-state index is -4.60. The lowest BCUT2D eigenvalue weighted by molar-refractivity contribution is -0.138. The van der Waals surface area contributed by atoms with Crippen molar-refractivity contribution in [3.05, 3.63) is 52.5 Å². The van der Waals surface area contributed by atoms with Crippen LogP contribution in [0.25, 0.3) is 11.6 Å².